The van der Waals surface area contributed by atoms with Crippen LogP contribution in [0.25, 0.3) is 5.69 Å². The van der Waals surface area contributed by atoms with Crippen LogP contribution in [-0.4, -0.2) is 51.7 Å². The summed E-state index contributed by atoms with van der Waals surface area (Å²) in [6.07, 6.45) is 1.65. The second kappa shape index (κ2) is 5.82. The van der Waals surface area contributed by atoms with Gasteiger partial charge < -0.3 is 10.6 Å². The van der Waals surface area contributed by atoms with Crippen LogP contribution in [0.3, 0.4) is 0 Å². The van der Waals surface area contributed by atoms with Crippen molar-refractivity contribution in [1.29, 1.82) is 0 Å². The Balaban J connectivity index is 1.74. The van der Waals surface area contributed by atoms with Crippen LogP contribution in [0.4, 0.5) is 14.9 Å². The number of anilines is 1. The van der Waals surface area contributed by atoms with E-state index in [2.05, 4.69) is 26.2 Å². The van der Waals surface area contributed by atoms with Crippen molar-refractivity contribution in [1.82, 2.24) is 25.5 Å². The molecular weight excluding hydrogens is 339 g/mol. The minimum Gasteiger partial charge on any atom is -0.332 e. The molecule has 0 spiro atoms. The minimum atomic E-state index is -3.16. The molecule has 0 bridgehead atoms. The van der Waals surface area contributed by atoms with Gasteiger partial charge in [-0.25, -0.2) is 22.3 Å². The molecule has 2 N–H and O–H groups in total. The number of benzene rings is 1. The van der Waals surface area contributed by atoms with Gasteiger partial charge in [0.05, 0.1) is 28.4 Å². The molecule has 2 amide bonds. The maximum absolute atomic E-state index is 13.9. The van der Waals surface area contributed by atoms with Gasteiger partial charge >= 0.3 is 6.03 Å². The highest BCUT2D eigenvalue weighted by Gasteiger charge is 2.39. The molecule has 9 nitrogen and oxygen atoms in total. The maximum atomic E-state index is 13.9. The summed E-state index contributed by atoms with van der Waals surface area (Å²) in [4.78, 5) is 12.1. The van der Waals surface area contributed by atoms with Gasteiger partial charge in [-0.05, 0) is 42.0 Å². The zero-order valence-corrected chi connectivity index (χ0v) is 13.5. The van der Waals surface area contributed by atoms with E-state index in [0.717, 1.165) is 0 Å². The first kappa shape index (κ1) is 16.3. The van der Waals surface area contributed by atoms with E-state index in [-0.39, 0.29) is 17.2 Å². The number of urea groups is 1. The van der Waals surface area contributed by atoms with Crippen molar-refractivity contribution in [2.24, 2.45) is 0 Å². The lowest BCUT2D eigenvalue weighted by Crippen LogP contribution is -2.48. The molecule has 1 saturated heterocycles. The van der Waals surface area contributed by atoms with Crippen LogP contribution in [0.15, 0.2) is 24.5 Å². The van der Waals surface area contributed by atoms with E-state index in [1.54, 1.807) is 6.92 Å². The third-order valence-corrected chi connectivity index (χ3v) is 5.63. The van der Waals surface area contributed by atoms with Gasteiger partial charge in [0, 0.05) is 0 Å². The van der Waals surface area contributed by atoms with Crippen molar-refractivity contribution in [3.05, 3.63) is 30.3 Å². The molecule has 2 aromatic rings. The Morgan fingerprint density at radius 3 is 2.83 bits per heavy atom. The fourth-order valence-electron chi connectivity index (χ4n) is 2.57. The van der Waals surface area contributed by atoms with Gasteiger partial charge in [0.1, 0.15) is 12.1 Å². The number of halogens is 1. The zero-order chi connectivity index (χ0) is 17.4. The van der Waals surface area contributed by atoms with E-state index < -0.39 is 27.2 Å². The Labute approximate surface area is 137 Å². The Kier molecular flexibility index (Phi) is 3.95. The lowest BCUT2D eigenvalue weighted by atomic mass is 10.0. The summed E-state index contributed by atoms with van der Waals surface area (Å²) < 4.78 is 38.3. The van der Waals surface area contributed by atoms with E-state index in [1.807, 2.05) is 0 Å². The number of tetrazole rings is 1. The van der Waals surface area contributed by atoms with E-state index in [0.29, 0.717) is 12.1 Å². The van der Waals surface area contributed by atoms with Gasteiger partial charge in [-0.1, -0.05) is 0 Å². The van der Waals surface area contributed by atoms with Crippen LogP contribution >= 0.6 is 0 Å². The van der Waals surface area contributed by atoms with Crippen molar-refractivity contribution in [2.75, 3.05) is 16.8 Å². The summed E-state index contributed by atoms with van der Waals surface area (Å²) in [5.41, 5.74) is -0.469. The summed E-state index contributed by atoms with van der Waals surface area (Å²) in [5, 5.41) is 15.6. The number of carbonyl (C=O) groups excluding carboxylic acids is 1. The molecular formula is C13H15FN6O3S. The van der Waals surface area contributed by atoms with E-state index in [4.69, 9.17) is 0 Å². The van der Waals surface area contributed by atoms with E-state index >= 15 is 0 Å². The summed E-state index contributed by atoms with van der Waals surface area (Å²) in [6.45, 7) is 1.64. The lowest BCUT2D eigenvalue weighted by Gasteiger charge is -2.24. The third-order valence-electron chi connectivity index (χ3n) is 3.73. The van der Waals surface area contributed by atoms with Crippen molar-refractivity contribution in [3.63, 3.8) is 0 Å². The molecule has 0 saturated carbocycles. The molecule has 1 atom stereocenters. The molecule has 0 aliphatic carbocycles. The van der Waals surface area contributed by atoms with Gasteiger partial charge in [0.15, 0.2) is 9.84 Å². The summed E-state index contributed by atoms with van der Waals surface area (Å²) >= 11 is 0. The van der Waals surface area contributed by atoms with Crippen LogP contribution < -0.4 is 10.6 Å². The first-order valence-electron chi connectivity index (χ1n) is 7.09. The second-order valence-electron chi connectivity index (χ2n) is 5.90. The fourth-order valence-corrected chi connectivity index (χ4v) is 4.66. The molecule has 0 radical (unpaired) electrons. The minimum absolute atomic E-state index is 0.0208. The smallest absolute Gasteiger partial charge is 0.319 e. The molecule has 1 aromatic carbocycles. The standard InChI is InChI=1S/C13H15FN6O3S/c1-13(4-5-24(22,23)7-13)17-12(21)16-11-6-9(2-3-10(11)14)20-8-15-18-19-20/h2-3,6,8H,4-5,7H2,1H3,(H2,16,17,21). The zero-order valence-electron chi connectivity index (χ0n) is 12.7. The van der Waals surface area contributed by atoms with Crippen molar-refractivity contribution in [2.45, 2.75) is 18.9 Å². The Bertz CT molecular complexity index is 870. The molecule has 1 fully saturated rings. The van der Waals surface area contributed by atoms with Crippen LogP contribution in [0, 0.1) is 5.82 Å². The van der Waals surface area contributed by atoms with Gasteiger partial charge in [-0.15, -0.1) is 5.10 Å². The molecule has 24 heavy (non-hydrogen) atoms. The van der Waals surface area contributed by atoms with Crippen LogP contribution in [0.2, 0.25) is 0 Å². The first-order valence-corrected chi connectivity index (χ1v) is 8.91. The van der Waals surface area contributed by atoms with Gasteiger partial charge in [-0.3, -0.25) is 0 Å². The highest BCUT2D eigenvalue weighted by atomic mass is 32.2. The Morgan fingerprint density at radius 2 is 2.21 bits per heavy atom. The predicted molar refractivity (Wildman–Crippen MR) is 82.9 cm³/mol. The number of carbonyl (C=O) groups is 1. The maximum Gasteiger partial charge on any atom is 0.319 e. The number of aromatic nitrogens is 4. The van der Waals surface area contributed by atoms with E-state index in [9.17, 15) is 17.6 Å². The summed E-state index contributed by atoms with van der Waals surface area (Å²) in [5.74, 6) is -0.751. The number of hydrogen-bond acceptors (Lipinski definition) is 6. The summed E-state index contributed by atoms with van der Waals surface area (Å²) in [6, 6.07) is 3.33. The number of nitrogens with zero attached hydrogens (tertiary/aromatic N) is 4. The first-order chi connectivity index (χ1) is 11.3. The molecule has 2 heterocycles. The fraction of sp³-hybridized carbons (Fsp3) is 0.385. The Hall–Kier alpha value is -2.56. The number of hydrogen-bond donors (Lipinski definition) is 2. The van der Waals surface area contributed by atoms with Crippen molar-refractivity contribution in [3.8, 4) is 5.69 Å². The summed E-state index contributed by atoms with van der Waals surface area (Å²) in [7, 11) is -3.16. The number of amides is 2. The predicted octanol–water partition coefficient (Wildman–Crippen LogP) is 0.500. The van der Waals surface area contributed by atoms with Crippen LogP contribution in [0.5, 0.6) is 0 Å². The van der Waals surface area contributed by atoms with E-state index in [1.165, 1.54) is 29.2 Å². The van der Waals surface area contributed by atoms with Gasteiger partial charge in [0.2, 0.25) is 0 Å². The average Bonchev–Trinajstić information content (AvgIpc) is 3.09. The SMILES string of the molecule is CC1(NC(=O)Nc2cc(-n3cnnn3)ccc2F)CCS(=O)(=O)C1. The third kappa shape index (κ3) is 3.50. The monoisotopic (exact) mass is 354 g/mol. The Morgan fingerprint density at radius 1 is 1.42 bits per heavy atom. The van der Waals surface area contributed by atoms with Crippen LogP contribution in [0.1, 0.15) is 13.3 Å². The topological polar surface area (TPSA) is 119 Å². The molecule has 1 aliphatic heterocycles. The molecule has 1 unspecified atom stereocenters. The molecule has 11 heteroatoms. The van der Waals surface area contributed by atoms with Crippen LogP contribution in [-0.2, 0) is 9.84 Å². The largest absolute Gasteiger partial charge is 0.332 e. The number of nitrogens with one attached hydrogen (secondary N) is 2. The quantitative estimate of drug-likeness (QED) is 0.828. The van der Waals surface area contributed by atoms with Gasteiger partial charge in [0.25, 0.3) is 0 Å². The number of rotatable bonds is 3. The molecule has 128 valence electrons. The lowest BCUT2D eigenvalue weighted by molar-refractivity contribution is 0.242. The number of sulfone groups is 1. The second-order valence-corrected chi connectivity index (χ2v) is 8.08. The highest BCUT2D eigenvalue weighted by Crippen LogP contribution is 2.23. The molecule has 3 rings (SSSR count). The average molecular weight is 354 g/mol. The van der Waals surface area contributed by atoms with Crippen molar-refractivity contribution < 1.29 is 17.6 Å². The van der Waals surface area contributed by atoms with Crippen molar-refractivity contribution >= 4 is 21.6 Å². The van der Waals surface area contributed by atoms with Gasteiger partial charge in [-0.2, -0.15) is 0 Å². The normalized spacial score (nSPS) is 22.2. The molecule has 1 aromatic heterocycles. The molecule has 1 aliphatic rings. The highest BCUT2D eigenvalue weighted by molar-refractivity contribution is 7.91.